The Labute approximate surface area is 132 Å². The molecule has 0 unspecified atom stereocenters. The van der Waals surface area contributed by atoms with E-state index in [1.54, 1.807) is 12.7 Å². The number of rotatable bonds is 1. The highest BCUT2D eigenvalue weighted by Crippen LogP contribution is 2.59. The largest absolute Gasteiger partial charge is 0.497 e. The Balaban J connectivity index is 1.69. The highest BCUT2D eigenvalue weighted by Gasteiger charge is 2.53. The van der Waals surface area contributed by atoms with Gasteiger partial charge in [0.15, 0.2) is 0 Å². The maximum absolute atomic E-state index is 5.68. The Morgan fingerprint density at radius 2 is 2.09 bits per heavy atom. The van der Waals surface area contributed by atoms with E-state index in [1.165, 1.54) is 43.4 Å². The third kappa shape index (κ3) is 1.84. The van der Waals surface area contributed by atoms with Crippen molar-refractivity contribution in [3.8, 4) is 5.75 Å². The van der Waals surface area contributed by atoms with E-state index >= 15 is 0 Å². The van der Waals surface area contributed by atoms with E-state index in [0.717, 1.165) is 29.9 Å². The summed E-state index contributed by atoms with van der Waals surface area (Å²) in [6, 6.07) is 6.71. The zero-order chi connectivity index (χ0) is 15.3. The fraction of sp³-hybridized carbons (Fsp3) is 0.632. The number of ether oxygens (including phenoxy) is 1. The monoisotopic (exact) mass is 298 g/mol. The lowest BCUT2D eigenvalue weighted by Gasteiger charge is -2.49. The van der Waals surface area contributed by atoms with Crippen molar-refractivity contribution < 1.29 is 4.74 Å². The number of nitrogens with two attached hydrogens (primary N) is 1. The Bertz CT molecular complexity index is 624. The summed E-state index contributed by atoms with van der Waals surface area (Å²) in [7, 11) is 1.76. The average molecular weight is 298 g/mol. The highest BCUT2D eigenvalue weighted by molar-refractivity contribution is 5.92. The molecule has 22 heavy (non-hydrogen) atoms. The van der Waals surface area contributed by atoms with E-state index in [9.17, 15) is 0 Å². The fourth-order valence-electron chi connectivity index (χ4n) is 5.69. The number of nitrogens with zero attached hydrogens (tertiary/aromatic N) is 1. The summed E-state index contributed by atoms with van der Waals surface area (Å²) in [5.41, 5.74) is 4.63. The first-order chi connectivity index (χ1) is 10.7. The molecule has 4 atom stereocenters. The van der Waals surface area contributed by atoms with Crippen LogP contribution in [0.2, 0.25) is 0 Å². The van der Waals surface area contributed by atoms with E-state index in [2.05, 4.69) is 30.2 Å². The molecule has 0 aliphatic heterocycles. The number of hydrazone groups is 1. The number of aryl methyl sites for hydroxylation is 1. The molecule has 3 heteroatoms. The second-order valence-corrected chi connectivity index (χ2v) is 7.55. The molecule has 2 saturated carbocycles. The molecule has 0 spiro atoms. The first-order valence-electron chi connectivity index (χ1n) is 8.61. The van der Waals surface area contributed by atoms with Crippen LogP contribution in [0.1, 0.15) is 56.1 Å². The van der Waals surface area contributed by atoms with Crippen LogP contribution in [0.15, 0.2) is 23.3 Å². The Kier molecular flexibility index (Phi) is 3.21. The number of benzene rings is 1. The molecule has 118 valence electrons. The van der Waals surface area contributed by atoms with Gasteiger partial charge in [0, 0.05) is 11.1 Å². The minimum Gasteiger partial charge on any atom is -0.497 e. The number of methoxy groups -OCH3 is 1. The van der Waals surface area contributed by atoms with Gasteiger partial charge in [-0.3, -0.25) is 0 Å². The van der Waals surface area contributed by atoms with Gasteiger partial charge in [-0.2, -0.15) is 5.10 Å². The molecule has 0 amide bonds. The van der Waals surface area contributed by atoms with Crippen molar-refractivity contribution in [1.29, 1.82) is 0 Å². The SMILES string of the molecule is COc1ccc2c(c1)CC[C@H]1[C@H]2CC[C@]2(C)/C(=N\N)CC[C@@H]12. The van der Waals surface area contributed by atoms with Crippen molar-refractivity contribution in [1.82, 2.24) is 0 Å². The molecule has 0 heterocycles. The van der Waals surface area contributed by atoms with Crippen molar-refractivity contribution in [3.63, 3.8) is 0 Å². The molecular weight excluding hydrogens is 272 g/mol. The second kappa shape index (κ2) is 5.00. The first kappa shape index (κ1) is 14.1. The van der Waals surface area contributed by atoms with Crippen LogP contribution >= 0.6 is 0 Å². The van der Waals surface area contributed by atoms with Gasteiger partial charge < -0.3 is 10.6 Å². The normalized spacial score (nSPS) is 38.3. The third-order valence-corrected chi connectivity index (χ3v) is 6.83. The molecule has 1 aromatic rings. The van der Waals surface area contributed by atoms with Gasteiger partial charge in [-0.1, -0.05) is 13.0 Å². The van der Waals surface area contributed by atoms with Crippen LogP contribution < -0.4 is 10.6 Å². The molecule has 3 aliphatic carbocycles. The fourth-order valence-corrected chi connectivity index (χ4v) is 5.69. The lowest BCUT2D eigenvalue weighted by atomic mass is 9.55. The lowest BCUT2D eigenvalue weighted by molar-refractivity contribution is 0.0955. The molecule has 3 nitrogen and oxygen atoms in total. The van der Waals surface area contributed by atoms with Crippen LogP contribution in [-0.2, 0) is 6.42 Å². The predicted molar refractivity (Wildman–Crippen MR) is 89.2 cm³/mol. The molecule has 0 radical (unpaired) electrons. The van der Waals surface area contributed by atoms with Crippen molar-refractivity contribution in [2.45, 2.75) is 51.4 Å². The van der Waals surface area contributed by atoms with Crippen LogP contribution in [0.3, 0.4) is 0 Å². The third-order valence-electron chi connectivity index (χ3n) is 6.83. The molecule has 2 fully saturated rings. The quantitative estimate of drug-likeness (QED) is 0.632. The maximum atomic E-state index is 5.68. The number of fused-ring (bicyclic) bond motifs is 5. The summed E-state index contributed by atoms with van der Waals surface area (Å²) in [5, 5.41) is 4.15. The molecule has 1 aromatic carbocycles. The van der Waals surface area contributed by atoms with Crippen molar-refractivity contribution in [2.75, 3.05) is 7.11 Å². The van der Waals surface area contributed by atoms with Crippen molar-refractivity contribution in [3.05, 3.63) is 29.3 Å². The molecular formula is C19H26N2O. The average Bonchev–Trinajstić information content (AvgIpc) is 2.90. The van der Waals surface area contributed by atoms with Gasteiger partial charge in [-0.15, -0.1) is 0 Å². The first-order valence-corrected chi connectivity index (χ1v) is 8.61. The Hall–Kier alpha value is -1.51. The molecule has 0 aromatic heterocycles. The maximum Gasteiger partial charge on any atom is 0.119 e. The van der Waals surface area contributed by atoms with E-state index in [1.807, 2.05) is 0 Å². The zero-order valence-corrected chi connectivity index (χ0v) is 13.6. The summed E-state index contributed by atoms with van der Waals surface area (Å²) in [6.07, 6.45) is 7.39. The highest BCUT2D eigenvalue weighted by atomic mass is 16.5. The van der Waals surface area contributed by atoms with E-state index in [0.29, 0.717) is 0 Å². The van der Waals surface area contributed by atoms with Crippen LogP contribution in [0.25, 0.3) is 0 Å². The predicted octanol–water partition coefficient (Wildman–Crippen LogP) is 3.87. The van der Waals surface area contributed by atoms with Gasteiger partial charge in [-0.25, -0.2) is 0 Å². The standard InChI is InChI=1S/C19H26N2O/c1-19-10-9-15-14-6-4-13(22-2)11-12(14)3-5-16(15)17(19)7-8-18(19)21-20/h4,6,11,15-17H,3,5,7-10,20H2,1-2H3/b21-18-/t15-,16-,17-,19-/m0/s1. The van der Waals surface area contributed by atoms with Gasteiger partial charge in [0.1, 0.15) is 5.75 Å². The van der Waals surface area contributed by atoms with Crippen LogP contribution in [0.4, 0.5) is 0 Å². The van der Waals surface area contributed by atoms with Crippen molar-refractivity contribution in [2.24, 2.45) is 28.2 Å². The van der Waals surface area contributed by atoms with Gasteiger partial charge in [0.05, 0.1) is 7.11 Å². The molecule has 0 saturated heterocycles. The molecule has 4 rings (SSSR count). The minimum atomic E-state index is 0.264. The lowest BCUT2D eigenvalue weighted by Crippen LogP contribution is -2.42. The second-order valence-electron chi connectivity index (χ2n) is 7.55. The van der Waals surface area contributed by atoms with Crippen LogP contribution in [0, 0.1) is 17.3 Å². The topological polar surface area (TPSA) is 47.6 Å². The van der Waals surface area contributed by atoms with Gasteiger partial charge in [0.2, 0.25) is 0 Å². The van der Waals surface area contributed by atoms with Crippen LogP contribution in [0.5, 0.6) is 5.75 Å². The molecule has 0 bridgehead atoms. The molecule has 3 aliphatic rings. The smallest absolute Gasteiger partial charge is 0.119 e. The summed E-state index contributed by atoms with van der Waals surface area (Å²) in [4.78, 5) is 0. The Morgan fingerprint density at radius 3 is 2.86 bits per heavy atom. The summed E-state index contributed by atoms with van der Waals surface area (Å²) in [5.74, 6) is 8.97. The van der Waals surface area contributed by atoms with Gasteiger partial charge in [0.25, 0.3) is 0 Å². The van der Waals surface area contributed by atoms with Gasteiger partial charge >= 0.3 is 0 Å². The summed E-state index contributed by atoms with van der Waals surface area (Å²) >= 11 is 0. The summed E-state index contributed by atoms with van der Waals surface area (Å²) in [6.45, 7) is 2.41. The van der Waals surface area contributed by atoms with Crippen LogP contribution in [-0.4, -0.2) is 12.8 Å². The number of hydrogen-bond acceptors (Lipinski definition) is 3. The van der Waals surface area contributed by atoms with Crippen molar-refractivity contribution >= 4 is 5.71 Å². The Morgan fingerprint density at radius 1 is 1.23 bits per heavy atom. The zero-order valence-electron chi connectivity index (χ0n) is 13.6. The van der Waals surface area contributed by atoms with E-state index in [4.69, 9.17) is 10.6 Å². The number of hydrogen-bond donors (Lipinski definition) is 1. The van der Waals surface area contributed by atoms with E-state index < -0.39 is 0 Å². The minimum absolute atomic E-state index is 0.264. The van der Waals surface area contributed by atoms with E-state index in [-0.39, 0.29) is 5.41 Å². The summed E-state index contributed by atoms with van der Waals surface area (Å²) < 4.78 is 5.40. The van der Waals surface area contributed by atoms with Gasteiger partial charge in [-0.05, 0) is 79.5 Å². The molecule has 2 N–H and O–H groups in total.